The quantitative estimate of drug-likeness (QED) is 0.901. The molecule has 1 aromatic rings. The third kappa shape index (κ3) is 3.31. The van der Waals surface area contributed by atoms with Gasteiger partial charge in [-0.05, 0) is 19.8 Å². The van der Waals surface area contributed by atoms with Gasteiger partial charge in [-0.15, -0.1) is 11.3 Å². The number of thioether (sulfide) groups is 1. The number of aromatic nitrogens is 1. The van der Waals surface area contributed by atoms with E-state index < -0.39 is 0 Å². The van der Waals surface area contributed by atoms with E-state index in [1.165, 1.54) is 40.0 Å². The molecule has 2 heterocycles. The van der Waals surface area contributed by atoms with Gasteiger partial charge in [0.2, 0.25) is 0 Å². The van der Waals surface area contributed by atoms with Gasteiger partial charge in [-0.2, -0.15) is 11.8 Å². The van der Waals surface area contributed by atoms with Crippen LogP contribution in [0.25, 0.3) is 0 Å². The predicted molar refractivity (Wildman–Crippen MR) is 90.2 cm³/mol. The van der Waals surface area contributed by atoms with Crippen LogP contribution in [0.1, 0.15) is 50.1 Å². The van der Waals surface area contributed by atoms with Gasteiger partial charge >= 0.3 is 0 Å². The van der Waals surface area contributed by atoms with E-state index in [1.807, 2.05) is 11.3 Å². The lowest BCUT2D eigenvalue weighted by molar-refractivity contribution is 0.590. The molecule has 3 nitrogen and oxygen atoms in total. The molecule has 20 heavy (non-hydrogen) atoms. The van der Waals surface area contributed by atoms with Crippen molar-refractivity contribution in [3.05, 3.63) is 10.6 Å². The molecule has 1 saturated carbocycles. The zero-order valence-corrected chi connectivity index (χ0v) is 14.3. The molecule has 1 atom stereocenters. The number of nitrogens with zero attached hydrogens (tertiary/aromatic N) is 2. The SMILES string of the molecule is CC(C)NCc1sc(N2CCSCC2C)nc1C1CC1. The monoisotopic (exact) mass is 311 g/mol. The molecule has 0 aromatic carbocycles. The summed E-state index contributed by atoms with van der Waals surface area (Å²) in [5, 5.41) is 4.82. The van der Waals surface area contributed by atoms with Gasteiger partial charge in [0.25, 0.3) is 0 Å². The number of hydrogen-bond acceptors (Lipinski definition) is 5. The standard InChI is InChI=1S/C15H25N3S2/c1-10(2)16-8-13-14(12-4-5-12)17-15(20-13)18-6-7-19-9-11(18)3/h10-12,16H,4-9H2,1-3H3. The molecular weight excluding hydrogens is 286 g/mol. The number of anilines is 1. The summed E-state index contributed by atoms with van der Waals surface area (Å²) in [6.07, 6.45) is 2.67. The van der Waals surface area contributed by atoms with Crippen LogP contribution in [0.4, 0.5) is 5.13 Å². The molecule has 0 radical (unpaired) electrons. The molecule has 1 saturated heterocycles. The van der Waals surface area contributed by atoms with Crippen LogP contribution >= 0.6 is 23.1 Å². The summed E-state index contributed by atoms with van der Waals surface area (Å²) in [6, 6.07) is 1.16. The molecule has 0 bridgehead atoms. The highest BCUT2D eigenvalue weighted by molar-refractivity contribution is 7.99. The summed E-state index contributed by atoms with van der Waals surface area (Å²) < 4.78 is 0. The molecule has 1 aromatic heterocycles. The molecule has 1 unspecified atom stereocenters. The Morgan fingerprint density at radius 3 is 2.85 bits per heavy atom. The van der Waals surface area contributed by atoms with Gasteiger partial charge in [0.15, 0.2) is 5.13 Å². The average Bonchev–Trinajstić information content (AvgIpc) is 3.18. The number of rotatable bonds is 5. The van der Waals surface area contributed by atoms with Crippen LogP contribution in [0.2, 0.25) is 0 Å². The van der Waals surface area contributed by atoms with E-state index >= 15 is 0 Å². The van der Waals surface area contributed by atoms with E-state index in [2.05, 4.69) is 42.7 Å². The second-order valence-corrected chi connectivity index (χ2v) is 8.44. The molecular formula is C15H25N3S2. The van der Waals surface area contributed by atoms with Crippen molar-refractivity contribution >= 4 is 28.2 Å². The van der Waals surface area contributed by atoms with Crippen molar-refractivity contribution in [2.45, 2.75) is 58.2 Å². The van der Waals surface area contributed by atoms with E-state index in [0.717, 1.165) is 19.0 Å². The first-order chi connectivity index (χ1) is 9.65. The van der Waals surface area contributed by atoms with E-state index in [0.29, 0.717) is 12.1 Å². The molecule has 1 aliphatic heterocycles. The van der Waals surface area contributed by atoms with Crippen molar-refractivity contribution in [2.75, 3.05) is 23.0 Å². The normalized spacial score (nSPS) is 23.6. The van der Waals surface area contributed by atoms with E-state index in [9.17, 15) is 0 Å². The van der Waals surface area contributed by atoms with E-state index in [1.54, 1.807) is 0 Å². The summed E-state index contributed by atoms with van der Waals surface area (Å²) in [7, 11) is 0. The summed E-state index contributed by atoms with van der Waals surface area (Å²) >= 11 is 3.99. The van der Waals surface area contributed by atoms with Gasteiger partial charge in [-0.3, -0.25) is 0 Å². The van der Waals surface area contributed by atoms with E-state index in [4.69, 9.17) is 4.98 Å². The smallest absolute Gasteiger partial charge is 0.186 e. The molecule has 112 valence electrons. The molecule has 0 amide bonds. The van der Waals surface area contributed by atoms with Crippen molar-refractivity contribution in [2.24, 2.45) is 0 Å². The van der Waals surface area contributed by atoms with Crippen LogP contribution in [0.3, 0.4) is 0 Å². The first kappa shape index (κ1) is 14.7. The number of hydrogen-bond donors (Lipinski definition) is 1. The summed E-state index contributed by atoms with van der Waals surface area (Å²) in [4.78, 5) is 9.01. The second-order valence-electron chi connectivity index (χ2n) is 6.23. The zero-order valence-electron chi connectivity index (χ0n) is 12.7. The van der Waals surface area contributed by atoms with Crippen molar-refractivity contribution in [3.63, 3.8) is 0 Å². The topological polar surface area (TPSA) is 28.2 Å². The molecule has 1 N–H and O–H groups in total. The van der Waals surface area contributed by atoms with Crippen LogP contribution in [0.5, 0.6) is 0 Å². The van der Waals surface area contributed by atoms with Crippen molar-refractivity contribution in [1.82, 2.24) is 10.3 Å². The fourth-order valence-corrected chi connectivity index (χ4v) is 4.82. The van der Waals surface area contributed by atoms with E-state index in [-0.39, 0.29) is 0 Å². The molecule has 0 spiro atoms. The van der Waals surface area contributed by atoms with Gasteiger partial charge in [0.05, 0.1) is 5.69 Å². The first-order valence-corrected chi connectivity index (χ1v) is 9.69. The zero-order chi connectivity index (χ0) is 14.1. The maximum atomic E-state index is 5.02. The van der Waals surface area contributed by atoms with Gasteiger partial charge in [0, 0.05) is 47.5 Å². The Morgan fingerprint density at radius 1 is 1.40 bits per heavy atom. The lowest BCUT2D eigenvalue weighted by Gasteiger charge is -2.32. The van der Waals surface area contributed by atoms with Crippen LogP contribution in [-0.2, 0) is 6.54 Å². The maximum absolute atomic E-state index is 5.02. The van der Waals surface area contributed by atoms with Crippen LogP contribution in [-0.4, -0.2) is 35.1 Å². The Bertz CT molecular complexity index is 454. The Balaban J connectivity index is 1.79. The van der Waals surface area contributed by atoms with Gasteiger partial charge in [-0.25, -0.2) is 4.98 Å². The minimum absolute atomic E-state index is 0.540. The molecule has 1 aliphatic carbocycles. The molecule has 2 fully saturated rings. The lowest BCUT2D eigenvalue weighted by Crippen LogP contribution is -2.40. The molecule has 5 heteroatoms. The fraction of sp³-hybridized carbons (Fsp3) is 0.800. The third-order valence-electron chi connectivity index (χ3n) is 3.96. The summed E-state index contributed by atoms with van der Waals surface area (Å²) in [6.45, 7) is 8.89. The highest BCUT2D eigenvalue weighted by Crippen LogP contribution is 2.44. The van der Waals surface area contributed by atoms with Crippen LogP contribution in [0.15, 0.2) is 0 Å². The first-order valence-electron chi connectivity index (χ1n) is 7.72. The number of nitrogens with one attached hydrogen (secondary N) is 1. The Morgan fingerprint density at radius 2 is 2.20 bits per heavy atom. The predicted octanol–water partition coefficient (Wildman–Crippen LogP) is 3.46. The van der Waals surface area contributed by atoms with Gasteiger partial charge in [0.1, 0.15) is 0 Å². The van der Waals surface area contributed by atoms with Crippen molar-refractivity contribution < 1.29 is 0 Å². The summed E-state index contributed by atoms with van der Waals surface area (Å²) in [5.74, 6) is 3.22. The Labute approximate surface area is 130 Å². The van der Waals surface area contributed by atoms with Crippen LogP contribution < -0.4 is 10.2 Å². The maximum Gasteiger partial charge on any atom is 0.186 e. The highest BCUT2D eigenvalue weighted by atomic mass is 32.2. The van der Waals surface area contributed by atoms with Gasteiger partial charge in [-0.1, -0.05) is 13.8 Å². The van der Waals surface area contributed by atoms with Crippen molar-refractivity contribution in [3.8, 4) is 0 Å². The lowest BCUT2D eigenvalue weighted by atomic mass is 10.2. The molecule has 3 rings (SSSR count). The fourth-order valence-electron chi connectivity index (χ4n) is 2.58. The minimum Gasteiger partial charge on any atom is -0.344 e. The average molecular weight is 312 g/mol. The Kier molecular flexibility index (Phi) is 4.58. The Hall–Kier alpha value is -0.260. The minimum atomic E-state index is 0.540. The van der Waals surface area contributed by atoms with Crippen molar-refractivity contribution in [1.29, 1.82) is 0 Å². The third-order valence-corrected chi connectivity index (χ3v) is 6.26. The highest BCUT2D eigenvalue weighted by Gasteiger charge is 2.31. The van der Waals surface area contributed by atoms with Crippen LogP contribution in [0, 0.1) is 0 Å². The number of thiazole rings is 1. The molecule has 2 aliphatic rings. The summed E-state index contributed by atoms with van der Waals surface area (Å²) in [5.41, 5.74) is 1.39. The second kappa shape index (κ2) is 6.24. The van der Waals surface area contributed by atoms with Gasteiger partial charge < -0.3 is 10.2 Å². The largest absolute Gasteiger partial charge is 0.344 e.